The Morgan fingerprint density at radius 2 is 2.06 bits per heavy atom. The van der Waals surface area contributed by atoms with Crippen molar-refractivity contribution in [3.63, 3.8) is 0 Å². The van der Waals surface area contributed by atoms with Crippen LogP contribution in [0.1, 0.15) is 77.6 Å². The summed E-state index contributed by atoms with van der Waals surface area (Å²) >= 11 is 0. The second kappa shape index (κ2) is 13.7. The zero-order valence-electron chi connectivity index (χ0n) is 19.2. The average molecular weight is 436 g/mol. The Morgan fingerprint density at radius 1 is 1.26 bits per heavy atom. The number of allylic oxidation sites excluding steroid dienone is 2. The van der Waals surface area contributed by atoms with E-state index < -0.39 is 6.10 Å². The van der Waals surface area contributed by atoms with Crippen LogP contribution in [0.15, 0.2) is 23.8 Å². The van der Waals surface area contributed by atoms with E-state index in [0.717, 1.165) is 57.8 Å². The Hall–Kier alpha value is -1.66. The Morgan fingerprint density at radius 3 is 2.81 bits per heavy atom. The zero-order valence-corrected chi connectivity index (χ0v) is 19.2. The fourth-order valence-electron chi connectivity index (χ4n) is 4.88. The molecule has 0 aromatic heterocycles. The second-order valence-corrected chi connectivity index (χ2v) is 9.07. The van der Waals surface area contributed by atoms with Gasteiger partial charge in [-0.15, -0.1) is 0 Å². The Kier molecular flexibility index (Phi) is 11.3. The maximum Gasteiger partial charge on any atom is 0.307 e. The van der Waals surface area contributed by atoms with E-state index in [4.69, 9.17) is 0 Å². The maximum absolute atomic E-state index is 11.8. The Balaban J connectivity index is 1.66. The number of methoxy groups -OCH3 is 1. The van der Waals surface area contributed by atoms with Gasteiger partial charge in [-0.1, -0.05) is 50.0 Å². The molecule has 3 N–H and O–H groups in total. The lowest BCUT2D eigenvalue weighted by atomic mass is 9.88. The van der Waals surface area contributed by atoms with Crippen molar-refractivity contribution in [2.45, 2.75) is 89.8 Å². The molecule has 6 nitrogen and oxygen atoms in total. The third kappa shape index (κ3) is 8.77. The highest BCUT2D eigenvalue weighted by molar-refractivity contribution is 5.76. The SMILES string of the molecule is CCCCC[C@@H](O)/C=C/[C@@H]1[C@H]2CC(CCCCC(=O)NCCC(=O)OC)=C[C@H]2C[C@H]1O. The van der Waals surface area contributed by atoms with Gasteiger partial charge in [0.1, 0.15) is 0 Å². The van der Waals surface area contributed by atoms with Crippen molar-refractivity contribution in [2.24, 2.45) is 17.8 Å². The smallest absolute Gasteiger partial charge is 0.307 e. The van der Waals surface area contributed by atoms with E-state index in [0.29, 0.717) is 24.8 Å². The third-order valence-electron chi connectivity index (χ3n) is 6.64. The highest BCUT2D eigenvalue weighted by Gasteiger charge is 2.43. The first-order chi connectivity index (χ1) is 14.9. The first-order valence-electron chi connectivity index (χ1n) is 12.0. The summed E-state index contributed by atoms with van der Waals surface area (Å²) < 4.78 is 4.55. The van der Waals surface area contributed by atoms with Gasteiger partial charge in [0.2, 0.25) is 5.91 Å². The predicted molar refractivity (Wildman–Crippen MR) is 121 cm³/mol. The first kappa shape index (κ1) is 25.6. The molecule has 1 saturated carbocycles. The number of amides is 1. The highest BCUT2D eigenvalue weighted by atomic mass is 16.5. The van der Waals surface area contributed by atoms with Crippen LogP contribution in [0.2, 0.25) is 0 Å². The summed E-state index contributed by atoms with van der Waals surface area (Å²) in [6.07, 6.45) is 15.0. The number of aliphatic hydroxyl groups excluding tert-OH is 2. The fraction of sp³-hybridized carbons (Fsp3) is 0.760. The number of hydrogen-bond acceptors (Lipinski definition) is 5. The number of carbonyl (C=O) groups excluding carboxylic acids is 2. The van der Waals surface area contributed by atoms with Gasteiger partial charge < -0.3 is 20.3 Å². The van der Waals surface area contributed by atoms with Crippen molar-refractivity contribution in [2.75, 3.05) is 13.7 Å². The second-order valence-electron chi connectivity index (χ2n) is 9.07. The van der Waals surface area contributed by atoms with E-state index in [9.17, 15) is 19.8 Å². The van der Waals surface area contributed by atoms with Crippen LogP contribution in [0.5, 0.6) is 0 Å². The minimum absolute atomic E-state index is 0.0213. The quantitative estimate of drug-likeness (QED) is 0.220. The average Bonchev–Trinajstić information content (AvgIpc) is 3.26. The van der Waals surface area contributed by atoms with Gasteiger partial charge in [0.05, 0.1) is 25.7 Å². The highest BCUT2D eigenvalue weighted by Crippen LogP contribution is 2.48. The minimum atomic E-state index is -0.412. The summed E-state index contributed by atoms with van der Waals surface area (Å²) in [5, 5.41) is 23.4. The zero-order chi connectivity index (χ0) is 22.6. The number of esters is 1. The van der Waals surface area contributed by atoms with Crippen LogP contribution in [0.3, 0.4) is 0 Å². The van der Waals surface area contributed by atoms with Gasteiger partial charge in [-0.3, -0.25) is 9.59 Å². The van der Waals surface area contributed by atoms with E-state index in [-0.39, 0.29) is 30.3 Å². The molecule has 2 aliphatic rings. The molecule has 0 heterocycles. The van der Waals surface area contributed by atoms with Crippen LogP contribution in [-0.2, 0) is 14.3 Å². The van der Waals surface area contributed by atoms with E-state index in [1.165, 1.54) is 12.7 Å². The van der Waals surface area contributed by atoms with Gasteiger partial charge in [-0.05, 0) is 50.4 Å². The third-order valence-corrected chi connectivity index (χ3v) is 6.64. The fourth-order valence-corrected chi connectivity index (χ4v) is 4.88. The van der Waals surface area contributed by atoms with Crippen molar-refractivity contribution in [1.82, 2.24) is 5.32 Å². The van der Waals surface area contributed by atoms with Crippen LogP contribution in [-0.4, -0.2) is 48.0 Å². The molecule has 6 heteroatoms. The van der Waals surface area contributed by atoms with Crippen LogP contribution < -0.4 is 5.32 Å². The molecule has 176 valence electrons. The van der Waals surface area contributed by atoms with E-state index in [1.54, 1.807) is 0 Å². The van der Waals surface area contributed by atoms with Crippen molar-refractivity contribution in [1.29, 1.82) is 0 Å². The lowest BCUT2D eigenvalue weighted by Crippen LogP contribution is -2.25. The number of hydrogen-bond donors (Lipinski definition) is 3. The molecular weight excluding hydrogens is 394 g/mol. The van der Waals surface area contributed by atoms with Crippen molar-refractivity contribution in [3.8, 4) is 0 Å². The van der Waals surface area contributed by atoms with E-state index in [1.807, 2.05) is 6.08 Å². The van der Waals surface area contributed by atoms with Crippen molar-refractivity contribution < 1.29 is 24.5 Å². The number of unbranched alkanes of at least 4 members (excludes halogenated alkanes) is 3. The van der Waals surface area contributed by atoms with Crippen LogP contribution in [0.4, 0.5) is 0 Å². The molecule has 5 atom stereocenters. The number of aliphatic hydroxyl groups is 2. The van der Waals surface area contributed by atoms with Gasteiger partial charge in [0, 0.05) is 18.9 Å². The van der Waals surface area contributed by atoms with Crippen molar-refractivity contribution >= 4 is 11.9 Å². The van der Waals surface area contributed by atoms with Crippen LogP contribution >= 0.6 is 0 Å². The standard InChI is InChI=1S/C25H41NO5/c1-3-4-5-9-20(27)11-12-21-22-16-18(15-19(22)17-23(21)28)8-6-7-10-24(29)26-14-13-25(30)31-2/h11-12,15,19-23,27-28H,3-10,13-14,16-17H2,1-2H3,(H,26,29)/b12-11+/t19-,20+,21+,22-,23+/m0/s1. The van der Waals surface area contributed by atoms with Gasteiger partial charge >= 0.3 is 5.97 Å². The number of ether oxygens (including phenoxy) is 1. The number of nitrogens with one attached hydrogen (secondary N) is 1. The first-order valence-corrected chi connectivity index (χ1v) is 12.0. The molecule has 0 saturated heterocycles. The summed E-state index contributed by atoms with van der Waals surface area (Å²) in [5.41, 5.74) is 1.44. The molecule has 0 unspecified atom stereocenters. The molecule has 0 aromatic carbocycles. The van der Waals surface area contributed by atoms with Gasteiger partial charge in [-0.25, -0.2) is 0 Å². The van der Waals surface area contributed by atoms with Crippen LogP contribution in [0, 0.1) is 17.8 Å². The van der Waals surface area contributed by atoms with Crippen molar-refractivity contribution in [3.05, 3.63) is 23.8 Å². The number of carbonyl (C=O) groups is 2. The molecule has 2 aliphatic carbocycles. The Bertz CT molecular complexity index is 629. The summed E-state index contributed by atoms with van der Waals surface area (Å²) in [5.74, 6) is 0.652. The van der Waals surface area contributed by atoms with Gasteiger partial charge in [-0.2, -0.15) is 0 Å². The normalized spacial score (nSPS) is 26.0. The molecule has 0 aliphatic heterocycles. The molecule has 1 amide bonds. The summed E-state index contributed by atoms with van der Waals surface area (Å²) in [7, 11) is 1.34. The topological polar surface area (TPSA) is 95.9 Å². The van der Waals surface area contributed by atoms with E-state index in [2.05, 4.69) is 29.1 Å². The molecule has 0 aromatic rings. The lowest BCUT2D eigenvalue weighted by molar-refractivity contribution is -0.140. The minimum Gasteiger partial charge on any atom is -0.469 e. The maximum atomic E-state index is 11.8. The monoisotopic (exact) mass is 435 g/mol. The molecule has 2 rings (SSSR count). The van der Waals surface area contributed by atoms with Gasteiger partial charge in [0.25, 0.3) is 0 Å². The summed E-state index contributed by atoms with van der Waals surface area (Å²) in [6, 6.07) is 0. The number of rotatable bonds is 14. The summed E-state index contributed by atoms with van der Waals surface area (Å²) in [4.78, 5) is 22.9. The van der Waals surface area contributed by atoms with Crippen LogP contribution in [0.25, 0.3) is 0 Å². The van der Waals surface area contributed by atoms with Gasteiger partial charge in [0.15, 0.2) is 0 Å². The number of fused-ring (bicyclic) bond motifs is 1. The molecule has 0 radical (unpaired) electrons. The molecule has 0 bridgehead atoms. The molecule has 31 heavy (non-hydrogen) atoms. The molecule has 0 spiro atoms. The lowest BCUT2D eigenvalue weighted by Gasteiger charge is -2.19. The Labute approximate surface area is 187 Å². The molecular formula is C25H41NO5. The predicted octanol–water partition coefficient (Wildman–Crippen LogP) is 3.67. The van der Waals surface area contributed by atoms with E-state index >= 15 is 0 Å². The summed E-state index contributed by atoms with van der Waals surface area (Å²) in [6.45, 7) is 2.48. The molecule has 1 fully saturated rings. The largest absolute Gasteiger partial charge is 0.469 e.